The van der Waals surface area contributed by atoms with E-state index in [0.29, 0.717) is 5.56 Å². The van der Waals surface area contributed by atoms with Crippen molar-refractivity contribution in [3.05, 3.63) is 29.8 Å². The Morgan fingerprint density at radius 3 is 2.41 bits per heavy atom. The molecule has 1 aromatic rings. The molecule has 8 heteroatoms. The van der Waals surface area contributed by atoms with Gasteiger partial charge in [-0.25, -0.2) is 4.79 Å². The number of rotatable bonds is 4. The van der Waals surface area contributed by atoms with Gasteiger partial charge >= 0.3 is 16.5 Å². The lowest BCUT2D eigenvalue weighted by atomic mass is 10.2. The second kappa shape index (κ2) is 5.51. The number of carbonyl (C=O) groups is 1. The van der Waals surface area contributed by atoms with E-state index in [4.69, 9.17) is 9.29 Å². The zero-order chi connectivity index (χ0) is 12.9. The largest absolute Gasteiger partial charge is 0.446 e. The molecule has 0 aliphatic carbocycles. The van der Waals surface area contributed by atoms with Gasteiger partial charge in [-0.2, -0.15) is 8.42 Å². The number of benzene rings is 1. The molecule has 94 valence electrons. The summed E-state index contributed by atoms with van der Waals surface area (Å²) in [5.41, 5.74) is 0.649. The van der Waals surface area contributed by atoms with Crippen molar-refractivity contribution in [1.29, 1.82) is 0 Å². The molecule has 0 spiro atoms. The third-order valence-corrected chi connectivity index (χ3v) is 2.10. The fourth-order valence-corrected chi connectivity index (χ4v) is 1.34. The van der Waals surface area contributed by atoms with Crippen LogP contribution in [0.25, 0.3) is 0 Å². The molecule has 0 aliphatic rings. The van der Waals surface area contributed by atoms with Gasteiger partial charge in [-0.1, -0.05) is 12.1 Å². The van der Waals surface area contributed by atoms with E-state index >= 15 is 0 Å². The van der Waals surface area contributed by atoms with E-state index in [-0.39, 0.29) is 12.4 Å². The molecule has 1 aromatic carbocycles. The maximum atomic E-state index is 10.8. The standard InChI is InChI=1S/C9H11NO6S/c1-10-9(11)15-6-7-2-4-8(5-3-7)16-17(12,13)14/h2-5H,6H2,1H3,(H,10,11)(H,12,13,14). The average molecular weight is 261 g/mol. The molecular weight excluding hydrogens is 250 g/mol. The Bertz CT molecular complexity index is 481. The van der Waals surface area contributed by atoms with Gasteiger partial charge < -0.3 is 14.2 Å². The zero-order valence-corrected chi connectivity index (χ0v) is 9.73. The summed E-state index contributed by atoms with van der Waals surface area (Å²) in [4.78, 5) is 10.8. The molecule has 0 aliphatic heterocycles. The first-order chi connectivity index (χ1) is 7.90. The van der Waals surface area contributed by atoms with E-state index in [9.17, 15) is 13.2 Å². The molecule has 0 aromatic heterocycles. The monoisotopic (exact) mass is 261 g/mol. The van der Waals surface area contributed by atoms with Crippen molar-refractivity contribution in [2.75, 3.05) is 7.05 Å². The predicted molar refractivity (Wildman–Crippen MR) is 57.9 cm³/mol. The Morgan fingerprint density at radius 2 is 1.94 bits per heavy atom. The van der Waals surface area contributed by atoms with Crippen molar-refractivity contribution in [3.8, 4) is 5.75 Å². The molecule has 0 saturated heterocycles. The quantitative estimate of drug-likeness (QED) is 0.774. The molecule has 0 atom stereocenters. The highest BCUT2D eigenvalue weighted by Gasteiger charge is 2.06. The molecule has 17 heavy (non-hydrogen) atoms. The van der Waals surface area contributed by atoms with Gasteiger partial charge in [0, 0.05) is 7.05 Å². The fourth-order valence-electron chi connectivity index (χ4n) is 0.984. The number of nitrogens with one attached hydrogen (secondary N) is 1. The minimum atomic E-state index is -4.52. The smallest absolute Gasteiger partial charge is 0.445 e. The van der Waals surface area contributed by atoms with Crippen molar-refractivity contribution in [1.82, 2.24) is 5.32 Å². The molecule has 1 rings (SSSR count). The van der Waals surface area contributed by atoms with Crippen LogP contribution in [0.15, 0.2) is 24.3 Å². The van der Waals surface area contributed by atoms with Crippen molar-refractivity contribution < 1.29 is 26.7 Å². The molecule has 7 nitrogen and oxygen atoms in total. The van der Waals surface area contributed by atoms with Crippen LogP contribution in [-0.4, -0.2) is 26.1 Å². The zero-order valence-electron chi connectivity index (χ0n) is 8.91. The van der Waals surface area contributed by atoms with Crippen molar-refractivity contribution in [3.63, 3.8) is 0 Å². The summed E-state index contributed by atoms with van der Waals surface area (Å²) in [6.45, 7) is 0.0474. The number of hydrogen-bond donors (Lipinski definition) is 2. The molecule has 0 bridgehead atoms. The number of alkyl carbamates (subject to hydrolysis) is 1. The highest BCUT2D eigenvalue weighted by atomic mass is 32.3. The highest BCUT2D eigenvalue weighted by molar-refractivity contribution is 7.81. The second-order valence-electron chi connectivity index (χ2n) is 2.98. The van der Waals surface area contributed by atoms with Gasteiger partial charge in [-0.05, 0) is 17.7 Å². The van der Waals surface area contributed by atoms with Gasteiger partial charge in [0.25, 0.3) is 0 Å². The summed E-state index contributed by atoms with van der Waals surface area (Å²) in [6.07, 6.45) is -0.566. The summed E-state index contributed by atoms with van der Waals surface area (Å²) in [6, 6.07) is 5.67. The van der Waals surface area contributed by atoms with Crippen LogP contribution in [-0.2, 0) is 21.7 Å². The minimum absolute atomic E-state index is 0.0313. The van der Waals surface area contributed by atoms with Gasteiger partial charge in [0.1, 0.15) is 12.4 Å². The summed E-state index contributed by atoms with van der Waals surface area (Å²) in [7, 11) is -3.08. The Hall–Kier alpha value is -1.80. The Morgan fingerprint density at radius 1 is 1.35 bits per heavy atom. The molecule has 0 radical (unpaired) electrons. The first kappa shape index (κ1) is 13.3. The maximum Gasteiger partial charge on any atom is 0.446 e. The summed E-state index contributed by atoms with van der Waals surface area (Å²) < 4.78 is 38.2. The van der Waals surface area contributed by atoms with Gasteiger partial charge in [-0.3, -0.25) is 4.55 Å². The van der Waals surface area contributed by atoms with Gasteiger partial charge in [0.2, 0.25) is 0 Å². The lowest BCUT2D eigenvalue weighted by Gasteiger charge is -2.05. The molecule has 0 saturated carbocycles. The van der Waals surface area contributed by atoms with Gasteiger partial charge in [0.05, 0.1) is 0 Å². The minimum Gasteiger partial charge on any atom is -0.445 e. The topological polar surface area (TPSA) is 102 Å². The summed E-state index contributed by atoms with van der Waals surface area (Å²) in [5, 5.41) is 2.28. The van der Waals surface area contributed by atoms with E-state index in [1.165, 1.54) is 31.3 Å². The number of ether oxygens (including phenoxy) is 1. The van der Waals surface area contributed by atoms with Gasteiger partial charge in [0.15, 0.2) is 0 Å². The van der Waals surface area contributed by atoms with Gasteiger partial charge in [-0.15, -0.1) is 0 Å². The van der Waals surface area contributed by atoms with E-state index in [1.807, 2.05) is 0 Å². The third kappa shape index (κ3) is 5.18. The summed E-state index contributed by atoms with van der Waals surface area (Å²) in [5.74, 6) is -0.0313. The van der Waals surface area contributed by atoms with Crippen LogP contribution < -0.4 is 9.50 Å². The third-order valence-electron chi connectivity index (χ3n) is 1.70. The highest BCUT2D eigenvalue weighted by Crippen LogP contribution is 2.14. The first-order valence-electron chi connectivity index (χ1n) is 4.51. The van der Waals surface area contributed by atoms with Crippen LogP contribution in [0.5, 0.6) is 5.75 Å². The van der Waals surface area contributed by atoms with E-state index in [1.54, 1.807) is 0 Å². The molecule has 0 unspecified atom stereocenters. The first-order valence-corrected chi connectivity index (χ1v) is 5.87. The number of amides is 1. The fraction of sp³-hybridized carbons (Fsp3) is 0.222. The van der Waals surface area contributed by atoms with Crippen LogP contribution in [0.4, 0.5) is 4.79 Å². The van der Waals surface area contributed by atoms with Crippen LogP contribution in [0.3, 0.4) is 0 Å². The van der Waals surface area contributed by atoms with E-state index in [0.717, 1.165) is 0 Å². The van der Waals surface area contributed by atoms with E-state index in [2.05, 4.69) is 9.50 Å². The molecule has 0 heterocycles. The summed E-state index contributed by atoms with van der Waals surface area (Å²) >= 11 is 0. The van der Waals surface area contributed by atoms with Crippen molar-refractivity contribution in [2.24, 2.45) is 0 Å². The SMILES string of the molecule is CNC(=O)OCc1ccc(OS(=O)(=O)O)cc1. The second-order valence-corrected chi connectivity index (χ2v) is 4.00. The number of carbonyl (C=O) groups excluding carboxylic acids is 1. The molecule has 1 amide bonds. The molecular formula is C9H11NO6S. The average Bonchev–Trinajstić information content (AvgIpc) is 2.25. The molecule has 0 fully saturated rings. The van der Waals surface area contributed by atoms with Crippen LogP contribution in [0.2, 0.25) is 0 Å². The van der Waals surface area contributed by atoms with Crippen molar-refractivity contribution >= 4 is 16.5 Å². The van der Waals surface area contributed by atoms with Crippen LogP contribution in [0.1, 0.15) is 5.56 Å². The Kier molecular flexibility index (Phi) is 4.30. The molecule has 2 N–H and O–H groups in total. The lowest BCUT2D eigenvalue weighted by molar-refractivity contribution is 0.142. The normalized spacial score (nSPS) is 10.7. The van der Waals surface area contributed by atoms with Crippen LogP contribution >= 0.6 is 0 Å². The maximum absolute atomic E-state index is 10.8. The Labute approximate surface area is 98.3 Å². The van der Waals surface area contributed by atoms with E-state index < -0.39 is 16.5 Å². The number of hydrogen-bond acceptors (Lipinski definition) is 5. The van der Waals surface area contributed by atoms with Crippen LogP contribution in [0, 0.1) is 0 Å². The lowest BCUT2D eigenvalue weighted by Crippen LogP contribution is -2.18. The Balaban J connectivity index is 2.59. The predicted octanol–water partition coefficient (Wildman–Crippen LogP) is 0.724. The van der Waals surface area contributed by atoms with Crippen molar-refractivity contribution in [2.45, 2.75) is 6.61 Å².